The fourth-order valence-electron chi connectivity index (χ4n) is 1.77. The average molecular weight is 261 g/mol. The maximum absolute atomic E-state index is 5.94. The van der Waals surface area contributed by atoms with Gasteiger partial charge < -0.3 is 4.74 Å². The zero-order valence-electron chi connectivity index (χ0n) is 9.54. The van der Waals surface area contributed by atoms with Crippen LogP contribution in [0.1, 0.15) is 0 Å². The van der Waals surface area contributed by atoms with Crippen LogP contribution < -0.4 is 4.74 Å². The number of halogens is 1. The summed E-state index contributed by atoms with van der Waals surface area (Å²) >= 11 is 5.94. The van der Waals surface area contributed by atoms with Gasteiger partial charge in [0.25, 0.3) is 0 Å². The highest BCUT2D eigenvalue weighted by Gasteiger charge is 2.10. The van der Waals surface area contributed by atoms with Gasteiger partial charge in [-0.25, -0.2) is 4.98 Å². The molecule has 0 saturated heterocycles. The van der Waals surface area contributed by atoms with Gasteiger partial charge in [0.1, 0.15) is 12.1 Å². The van der Waals surface area contributed by atoms with E-state index in [0.29, 0.717) is 10.8 Å². The number of hydrogen-bond acceptors (Lipinski definition) is 4. The number of ether oxygens (including phenoxy) is 1. The summed E-state index contributed by atoms with van der Waals surface area (Å²) in [6.45, 7) is 0. The van der Waals surface area contributed by atoms with E-state index in [-0.39, 0.29) is 0 Å². The van der Waals surface area contributed by atoms with Crippen molar-refractivity contribution in [3.8, 4) is 17.0 Å². The third-order valence-corrected chi connectivity index (χ3v) is 2.85. The van der Waals surface area contributed by atoms with Gasteiger partial charge in [0.05, 0.1) is 19.0 Å². The molecule has 0 aliphatic carbocycles. The van der Waals surface area contributed by atoms with Crippen molar-refractivity contribution in [1.29, 1.82) is 0 Å². The Hall–Kier alpha value is -2.14. The van der Waals surface area contributed by atoms with Gasteiger partial charge in [-0.05, 0) is 18.2 Å². The Kier molecular flexibility index (Phi) is 2.60. The van der Waals surface area contributed by atoms with Crippen LogP contribution in [-0.4, -0.2) is 26.7 Å². The minimum absolute atomic E-state index is 0.627. The van der Waals surface area contributed by atoms with Gasteiger partial charge in [-0.3, -0.25) is 4.40 Å². The Balaban J connectivity index is 2.19. The third-order valence-electron chi connectivity index (χ3n) is 2.62. The number of hydrogen-bond donors (Lipinski definition) is 0. The number of methoxy groups -OCH3 is 1. The molecule has 18 heavy (non-hydrogen) atoms. The summed E-state index contributed by atoms with van der Waals surface area (Å²) < 4.78 is 7.11. The van der Waals surface area contributed by atoms with Crippen LogP contribution in [0.25, 0.3) is 16.9 Å². The van der Waals surface area contributed by atoms with Crippen molar-refractivity contribution in [2.24, 2.45) is 0 Å². The van der Waals surface area contributed by atoms with E-state index in [1.165, 1.54) is 0 Å². The first-order chi connectivity index (χ1) is 8.78. The molecule has 2 aromatic heterocycles. The molecule has 3 aromatic rings. The van der Waals surface area contributed by atoms with Gasteiger partial charge in [-0.2, -0.15) is 5.10 Å². The minimum atomic E-state index is 0.627. The molecule has 0 saturated carbocycles. The number of aromatic nitrogens is 4. The van der Waals surface area contributed by atoms with Crippen LogP contribution in [0, 0.1) is 0 Å². The third kappa shape index (κ3) is 1.78. The Morgan fingerprint density at radius 1 is 1.28 bits per heavy atom. The summed E-state index contributed by atoms with van der Waals surface area (Å²) in [4.78, 5) is 4.46. The summed E-state index contributed by atoms with van der Waals surface area (Å²) in [5.74, 6) is 0.687. The van der Waals surface area contributed by atoms with Gasteiger partial charge in [0.2, 0.25) is 0 Å². The molecule has 0 atom stereocenters. The Morgan fingerprint density at radius 3 is 2.94 bits per heavy atom. The van der Waals surface area contributed by atoms with Crippen LogP contribution in [0.3, 0.4) is 0 Å². The summed E-state index contributed by atoms with van der Waals surface area (Å²) in [5.41, 5.74) is 2.40. The van der Waals surface area contributed by atoms with E-state index in [0.717, 1.165) is 16.9 Å². The van der Waals surface area contributed by atoms with Crippen molar-refractivity contribution in [1.82, 2.24) is 19.6 Å². The summed E-state index contributed by atoms with van der Waals surface area (Å²) in [6.07, 6.45) is 5.08. The van der Waals surface area contributed by atoms with Crippen LogP contribution in [0.2, 0.25) is 5.02 Å². The summed E-state index contributed by atoms with van der Waals surface area (Å²) in [7, 11) is 1.61. The highest BCUT2D eigenvalue weighted by atomic mass is 35.5. The predicted molar refractivity (Wildman–Crippen MR) is 67.8 cm³/mol. The molecule has 6 heteroatoms. The molecular weight excluding hydrogens is 252 g/mol. The SMILES string of the molecule is COc1cc(Cl)ccc1-c1cn2cnncc2n1. The van der Waals surface area contributed by atoms with Crippen molar-refractivity contribution in [2.75, 3.05) is 7.11 Å². The molecule has 0 fully saturated rings. The van der Waals surface area contributed by atoms with Crippen molar-refractivity contribution < 1.29 is 4.74 Å². The first kappa shape index (κ1) is 11.0. The smallest absolute Gasteiger partial charge is 0.159 e. The van der Waals surface area contributed by atoms with Gasteiger partial charge in [0, 0.05) is 16.8 Å². The largest absolute Gasteiger partial charge is 0.496 e. The van der Waals surface area contributed by atoms with Crippen molar-refractivity contribution in [2.45, 2.75) is 0 Å². The molecule has 0 N–H and O–H groups in total. The van der Waals surface area contributed by atoms with E-state index >= 15 is 0 Å². The van der Waals surface area contributed by atoms with Gasteiger partial charge in [-0.15, -0.1) is 5.10 Å². The number of fused-ring (bicyclic) bond motifs is 1. The number of nitrogens with zero attached hydrogens (tertiary/aromatic N) is 4. The molecule has 90 valence electrons. The fraction of sp³-hybridized carbons (Fsp3) is 0.0833. The van der Waals surface area contributed by atoms with Gasteiger partial charge in [0.15, 0.2) is 5.65 Å². The monoisotopic (exact) mass is 260 g/mol. The van der Waals surface area contributed by atoms with Crippen LogP contribution in [0.15, 0.2) is 36.9 Å². The number of benzene rings is 1. The second-order valence-corrected chi connectivity index (χ2v) is 4.15. The molecule has 2 heterocycles. The van der Waals surface area contributed by atoms with E-state index in [9.17, 15) is 0 Å². The molecule has 0 aliphatic heterocycles. The summed E-state index contributed by atoms with van der Waals surface area (Å²) in [6, 6.07) is 5.45. The number of rotatable bonds is 2. The lowest BCUT2D eigenvalue weighted by Crippen LogP contribution is -1.87. The zero-order valence-corrected chi connectivity index (χ0v) is 10.3. The summed E-state index contributed by atoms with van der Waals surface area (Å²) in [5, 5.41) is 8.22. The molecule has 3 rings (SSSR count). The van der Waals surface area contributed by atoms with E-state index < -0.39 is 0 Å². The standard InChI is InChI=1S/C12H9ClN4O/c1-18-11-4-8(13)2-3-9(11)10-6-17-7-15-14-5-12(17)16-10/h2-7H,1H3. The minimum Gasteiger partial charge on any atom is -0.496 e. The first-order valence-corrected chi connectivity index (χ1v) is 5.65. The van der Waals surface area contributed by atoms with Crippen LogP contribution in [-0.2, 0) is 0 Å². The van der Waals surface area contributed by atoms with E-state index in [1.54, 1.807) is 36.2 Å². The zero-order chi connectivity index (χ0) is 12.5. The van der Waals surface area contributed by atoms with Crippen molar-refractivity contribution in [3.63, 3.8) is 0 Å². The predicted octanol–water partition coefficient (Wildman–Crippen LogP) is 2.45. The van der Waals surface area contributed by atoms with E-state index in [4.69, 9.17) is 16.3 Å². The lowest BCUT2D eigenvalue weighted by atomic mass is 10.1. The van der Waals surface area contributed by atoms with E-state index in [2.05, 4.69) is 15.2 Å². The highest BCUT2D eigenvalue weighted by molar-refractivity contribution is 6.30. The molecular formula is C12H9ClN4O. The highest BCUT2D eigenvalue weighted by Crippen LogP contribution is 2.31. The molecule has 0 bridgehead atoms. The van der Waals surface area contributed by atoms with Crippen LogP contribution in [0.5, 0.6) is 5.75 Å². The Bertz CT molecular complexity index is 677. The lowest BCUT2D eigenvalue weighted by Gasteiger charge is -2.05. The van der Waals surface area contributed by atoms with Gasteiger partial charge >= 0.3 is 0 Å². The maximum atomic E-state index is 5.94. The molecule has 1 aromatic carbocycles. The maximum Gasteiger partial charge on any atom is 0.159 e. The Morgan fingerprint density at radius 2 is 2.17 bits per heavy atom. The quantitative estimate of drug-likeness (QED) is 0.710. The normalized spacial score (nSPS) is 10.8. The Labute approximate surface area is 108 Å². The van der Waals surface area contributed by atoms with Crippen molar-refractivity contribution >= 4 is 17.2 Å². The first-order valence-electron chi connectivity index (χ1n) is 5.27. The fourth-order valence-corrected chi connectivity index (χ4v) is 1.93. The molecule has 0 unspecified atom stereocenters. The van der Waals surface area contributed by atoms with Crippen LogP contribution >= 0.6 is 11.6 Å². The molecule has 0 radical (unpaired) electrons. The molecule has 0 aliphatic rings. The molecule has 0 amide bonds. The van der Waals surface area contributed by atoms with Crippen molar-refractivity contribution in [3.05, 3.63) is 41.9 Å². The molecule has 0 spiro atoms. The molecule has 5 nitrogen and oxygen atoms in total. The van der Waals surface area contributed by atoms with Crippen LogP contribution in [0.4, 0.5) is 0 Å². The number of imidazole rings is 1. The average Bonchev–Trinajstić information content (AvgIpc) is 2.82. The second kappa shape index (κ2) is 4.27. The lowest BCUT2D eigenvalue weighted by molar-refractivity contribution is 0.416. The van der Waals surface area contributed by atoms with E-state index in [1.807, 2.05) is 12.3 Å². The topological polar surface area (TPSA) is 52.3 Å². The van der Waals surface area contributed by atoms with Gasteiger partial charge in [-0.1, -0.05) is 11.6 Å². The second-order valence-electron chi connectivity index (χ2n) is 3.71.